The maximum absolute atomic E-state index is 12.1. The van der Waals surface area contributed by atoms with Gasteiger partial charge in [0.05, 0.1) is 24.7 Å². The molecule has 6 nitrogen and oxygen atoms in total. The second-order valence-electron chi connectivity index (χ2n) is 3.74. The summed E-state index contributed by atoms with van der Waals surface area (Å²) in [6.07, 6.45) is 2.76. The van der Waals surface area contributed by atoms with Crippen molar-refractivity contribution in [1.29, 1.82) is 0 Å². The van der Waals surface area contributed by atoms with E-state index in [2.05, 4.69) is 10.2 Å². The van der Waals surface area contributed by atoms with Crippen molar-refractivity contribution in [3.8, 4) is 5.69 Å². The molecule has 0 unspecified atom stereocenters. The summed E-state index contributed by atoms with van der Waals surface area (Å²) in [6.45, 7) is 1.96. The zero-order valence-electron chi connectivity index (χ0n) is 10.4. The Kier molecular flexibility index (Phi) is 4.02. The molecule has 6 heteroatoms. The molecule has 0 spiro atoms. The van der Waals surface area contributed by atoms with Gasteiger partial charge in [0, 0.05) is 5.56 Å². The third-order valence-electron chi connectivity index (χ3n) is 2.45. The topological polar surface area (TPSA) is 74.1 Å². The van der Waals surface area contributed by atoms with Crippen molar-refractivity contribution >= 4 is 11.8 Å². The smallest absolute Gasteiger partial charge is 0.313 e. The predicted molar refractivity (Wildman–Crippen MR) is 66.9 cm³/mol. The van der Waals surface area contributed by atoms with Crippen LogP contribution >= 0.6 is 0 Å². The average Bonchev–Trinajstić information content (AvgIpc) is 2.92. The van der Waals surface area contributed by atoms with Crippen LogP contribution < -0.4 is 0 Å². The van der Waals surface area contributed by atoms with Crippen LogP contribution in [0.15, 0.2) is 36.7 Å². The Bertz CT molecular complexity index is 579. The number of para-hydroxylation sites is 1. The summed E-state index contributed by atoms with van der Waals surface area (Å²) in [5.41, 5.74) is 0.938. The largest absolute Gasteiger partial charge is 0.466 e. The number of ether oxygens (including phenoxy) is 1. The van der Waals surface area contributed by atoms with Crippen molar-refractivity contribution < 1.29 is 14.3 Å². The van der Waals surface area contributed by atoms with Gasteiger partial charge in [-0.15, -0.1) is 0 Å². The summed E-state index contributed by atoms with van der Waals surface area (Å²) in [5, 5.41) is 7.96. The van der Waals surface area contributed by atoms with Crippen LogP contribution in [0.5, 0.6) is 0 Å². The van der Waals surface area contributed by atoms with E-state index < -0.39 is 5.97 Å². The van der Waals surface area contributed by atoms with Gasteiger partial charge in [0.1, 0.15) is 6.42 Å². The highest BCUT2D eigenvalue weighted by atomic mass is 16.5. The lowest BCUT2D eigenvalue weighted by Crippen LogP contribution is -2.14. The zero-order chi connectivity index (χ0) is 13.7. The molecule has 0 N–H and O–H groups in total. The standard InChI is InChI=1S/C13H13N3O3/c1-2-19-13(18)9-12(17)10-5-3-4-6-11(10)16-14-7-8-15-16/h3-8H,2,9H2,1H3. The van der Waals surface area contributed by atoms with Crippen LogP contribution in [-0.4, -0.2) is 33.4 Å². The lowest BCUT2D eigenvalue weighted by Gasteiger charge is -2.07. The molecule has 0 saturated carbocycles. The van der Waals surface area contributed by atoms with Crippen molar-refractivity contribution in [2.75, 3.05) is 6.61 Å². The summed E-state index contributed by atoms with van der Waals surface area (Å²) >= 11 is 0. The second-order valence-corrected chi connectivity index (χ2v) is 3.74. The monoisotopic (exact) mass is 259 g/mol. The average molecular weight is 259 g/mol. The van der Waals surface area contributed by atoms with E-state index in [4.69, 9.17) is 4.74 Å². The number of ketones is 1. The fourth-order valence-corrected chi connectivity index (χ4v) is 1.66. The summed E-state index contributed by atoms with van der Waals surface area (Å²) < 4.78 is 4.77. The number of esters is 1. The molecule has 0 aliphatic heterocycles. The number of nitrogens with zero attached hydrogens (tertiary/aromatic N) is 3. The molecule has 0 bridgehead atoms. The maximum atomic E-state index is 12.1. The zero-order valence-corrected chi connectivity index (χ0v) is 10.4. The number of rotatable bonds is 5. The van der Waals surface area contributed by atoms with Crippen molar-refractivity contribution in [2.24, 2.45) is 0 Å². The van der Waals surface area contributed by atoms with Gasteiger partial charge in [-0.05, 0) is 19.1 Å². The molecule has 0 amide bonds. The number of hydrogen-bond acceptors (Lipinski definition) is 5. The highest BCUT2D eigenvalue weighted by Gasteiger charge is 2.17. The lowest BCUT2D eigenvalue weighted by molar-refractivity contribution is -0.141. The molecule has 0 fully saturated rings. The van der Waals surface area contributed by atoms with Gasteiger partial charge in [0.15, 0.2) is 5.78 Å². The minimum Gasteiger partial charge on any atom is -0.466 e. The number of Topliss-reactive ketones (excluding diaryl/α,β-unsaturated/α-hetero) is 1. The first-order chi connectivity index (χ1) is 9.22. The molecule has 0 atom stereocenters. The van der Waals surface area contributed by atoms with Crippen LogP contribution in [0.1, 0.15) is 23.7 Å². The van der Waals surface area contributed by atoms with E-state index in [1.807, 2.05) is 0 Å². The van der Waals surface area contributed by atoms with Gasteiger partial charge in [-0.3, -0.25) is 9.59 Å². The molecule has 0 saturated heterocycles. The third-order valence-corrected chi connectivity index (χ3v) is 2.45. The van der Waals surface area contributed by atoms with E-state index in [1.54, 1.807) is 31.2 Å². The summed E-state index contributed by atoms with van der Waals surface area (Å²) in [7, 11) is 0. The van der Waals surface area contributed by atoms with Crippen LogP contribution in [0.4, 0.5) is 0 Å². The van der Waals surface area contributed by atoms with Gasteiger partial charge in [-0.2, -0.15) is 15.0 Å². The Balaban J connectivity index is 2.25. The number of hydrogen-bond donors (Lipinski definition) is 0. The van der Waals surface area contributed by atoms with Crippen molar-refractivity contribution in [1.82, 2.24) is 15.0 Å². The van der Waals surface area contributed by atoms with Gasteiger partial charge in [0.2, 0.25) is 0 Å². The molecule has 1 aromatic heterocycles. The van der Waals surface area contributed by atoms with Crippen LogP contribution in [0.25, 0.3) is 5.69 Å². The molecule has 0 aliphatic rings. The van der Waals surface area contributed by atoms with E-state index in [1.165, 1.54) is 17.2 Å². The predicted octanol–water partition coefficient (Wildman–Crippen LogP) is 1.40. The molecule has 98 valence electrons. The Morgan fingerprint density at radius 2 is 1.89 bits per heavy atom. The van der Waals surface area contributed by atoms with Crippen LogP contribution in [0.3, 0.4) is 0 Å². The van der Waals surface area contributed by atoms with E-state index in [9.17, 15) is 9.59 Å². The fraction of sp³-hybridized carbons (Fsp3) is 0.231. The minimum atomic E-state index is -0.532. The van der Waals surface area contributed by atoms with Gasteiger partial charge >= 0.3 is 5.97 Å². The molecule has 2 rings (SSSR count). The van der Waals surface area contributed by atoms with Gasteiger partial charge < -0.3 is 4.74 Å². The minimum absolute atomic E-state index is 0.258. The lowest BCUT2D eigenvalue weighted by atomic mass is 10.1. The molecule has 1 heterocycles. The second kappa shape index (κ2) is 5.90. The third kappa shape index (κ3) is 3.04. The molecule has 2 aromatic rings. The normalized spacial score (nSPS) is 10.2. The summed E-state index contributed by atoms with van der Waals surface area (Å²) in [4.78, 5) is 24.8. The quantitative estimate of drug-likeness (QED) is 0.461. The Labute approximate surface area is 110 Å². The molecule has 0 aliphatic carbocycles. The van der Waals surface area contributed by atoms with Crippen molar-refractivity contribution in [3.63, 3.8) is 0 Å². The highest BCUT2D eigenvalue weighted by Crippen LogP contribution is 2.14. The number of benzene rings is 1. The Morgan fingerprint density at radius 1 is 1.21 bits per heavy atom. The molecular weight excluding hydrogens is 246 g/mol. The Hall–Kier alpha value is -2.50. The number of aromatic nitrogens is 3. The molecule has 1 aromatic carbocycles. The van der Waals surface area contributed by atoms with E-state index >= 15 is 0 Å². The SMILES string of the molecule is CCOC(=O)CC(=O)c1ccccc1-n1nccn1. The summed E-state index contributed by atoms with van der Waals surface area (Å²) in [6, 6.07) is 6.86. The first-order valence-corrected chi connectivity index (χ1v) is 5.87. The van der Waals surface area contributed by atoms with Crippen LogP contribution in [0.2, 0.25) is 0 Å². The van der Waals surface area contributed by atoms with E-state index in [0.29, 0.717) is 11.3 Å². The van der Waals surface area contributed by atoms with Gasteiger partial charge in [-0.1, -0.05) is 12.1 Å². The van der Waals surface area contributed by atoms with Gasteiger partial charge in [0.25, 0.3) is 0 Å². The Morgan fingerprint density at radius 3 is 2.58 bits per heavy atom. The first kappa shape index (κ1) is 12.9. The maximum Gasteiger partial charge on any atom is 0.313 e. The van der Waals surface area contributed by atoms with Crippen molar-refractivity contribution in [3.05, 3.63) is 42.2 Å². The van der Waals surface area contributed by atoms with Gasteiger partial charge in [-0.25, -0.2) is 0 Å². The van der Waals surface area contributed by atoms with Crippen LogP contribution in [-0.2, 0) is 9.53 Å². The highest BCUT2D eigenvalue weighted by molar-refractivity contribution is 6.07. The first-order valence-electron chi connectivity index (χ1n) is 5.87. The molecule has 0 radical (unpaired) electrons. The molecular formula is C13H13N3O3. The fourth-order valence-electron chi connectivity index (χ4n) is 1.66. The number of carbonyl (C=O) groups is 2. The van der Waals surface area contributed by atoms with Crippen molar-refractivity contribution in [2.45, 2.75) is 13.3 Å². The summed E-state index contributed by atoms with van der Waals surface area (Å²) in [5.74, 6) is -0.845. The van der Waals surface area contributed by atoms with E-state index in [-0.39, 0.29) is 18.8 Å². The van der Waals surface area contributed by atoms with E-state index in [0.717, 1.165) is 0 Å². The molecule has 19 heavy (non-hydrogen) atoms. The van der Waals surface area contributed by atoms with Crippen LogP contribution in [0, 0.1) is 0 Å². The number of carbonyl (C=O) groups excluding carboxylic acids is 2.